The first-order valence-electron chi connectivity index (χ1n) is 9.55. The van der Waals surface area contributed by atoms with Gasteiger partial charge in [-0.25, -0.2) is 17.9 Å². The highest BCUT2D eigenvalue weighted by Crippen LogP contribution is 2.13. The van der Waals surface area contributed by atoms with Crippen LogP contribution in [-0.2, 0) is 21.2 Å². The molecule has 11 heteroatoms. The van der Waals surface area contributed by atoms with Crippen molar-refractivity contribution < 1.29 is 17.9 Å². The maximum Gasteiger partial charge on any atom is 0.412 e. The average molecular weight is 555 g/mol. The third-order valence-corrected chi connectivity index (χ3v) is 5.05. The molecule has 172 valence electrons. The molecular formula is C19H34IN5O4S. The largest absolute Gasteiger partial charge is 0.444 e. The Morgan fingerprint density at radius 2 is 1.67 bits per heavy atom. The van der Waals surface area contributed by atoms with Crippen molar-refractivity contribution in [3.63, 3.8) is 0 Å². The van der Waals surface area contributed by atoms with Gasteiger partial charge >= 0.3 is 6.09 Å². The fraction of sp³-hybridized carbons (Fsp3) is 0.579. The van der Waals surface area contributed by atoms with Crippen molar-refractivity contribution >= 4 is 51.7 Å². The summed E-state index contributed by atoms with van der Waals surface area (Å²) in [6.45, 7) is 8.42. The lowest BCUT2D eigenvalue weighted by Crippen LogP contribution is -2.42. The zero-order valence-electron chi connectivity index (χ0n) is 18.2. The van der Waals surface area contributed by atoms with Crippen molar-refractivity contribution in [3.05, 3.63) is 29.8 Å². The van der Waals surface area contributed by atoms with Gasteiger partial charge in [-0.3, -0.25) is 10.3 Å². The molecule has 1 aromatic rings. The van der Waals surface area contributed by atoms with Gasteiger partial charge in [0.05, 0.1) is 5.75 Å². The third kappa shape index (κ3) is 12.9. The topological polar surface area (TPSA) is 121 Å². The summed E-state index contributed by atoms with van der Waals surface area (Å²) in [4.78, 5) is 15.9. The second-order valence-corrected chi connectivity index (χ2v) is 9.39. The zero-order chi connectivity index (χ0) is 21.9. The van der Waals surface area contributed by atoms with Crippen LogP contribution in [0.1, 0.15) is 33.3 Å². The van der Waals surface area contributed by atoms with Gasteiger partial charge in [0, 0.05) is 32.4 Å². The van der Waals surface area contributed by atoms with E-state index >= 15 is 0 Å². The molecule has 0 saturated carbocycles. The van der Waals surface area contributed by atoms with E-state index in [1.165, 1.54) is 0 Å². The van der Waals surface area contributed by atoms with Crippen LogP contribution in [0.2, 0.25) is 0 Å². The number of carbonyl (C=O) groups is 1. The molecule has 0 fully saturated rings. The van der Waals surface area contributed by atoms with Crippen molar-refractivity contribution in [1.29, 1.82) is 0 Å². The number of nitrogens with zero attached hydrogens (tertiary/aromatic N) is 1. The molecule has 0 aromatic heterocycles. The van der Waals surface area contributed by atoms with Crippen LogP contribution in [0.15, 0.2) is 29.3 Å². The summed E-state index contributed by atoms with van der Waals surface area (Å²) in [7, 11) is -1.53. The van der Waals surface area contributed by atoms with E-state index in [1.54, 1.807) is 14.0 Å². The molecule has 0 bridgehead atoms. The van der Waals surface area contributed by atoms with E-state index in [9.17, 15) is 13.2 Å². The average Bonchev–Trinajstić information content (AvgIpc) is 2.63. The Bertz CT molecular complexity index is 777. The fourth-order valence-electron chi connectivity index (χ4n) is 2.21. The lowest BCUT2D eigenvalue weighted by molar-refractivity contribution is 0.0636. The predicted molar refractivity (Wildman–Crippen MR) is 132 cm³/mol. The minimum Gasteiger partial charge on any atom is -0.444 e. The molecule has 4 N–H and O–H groups in total. The zero-order valence-corrected chi connectivity index (χ0v) is 21.4. The van der Waals surface area contributed by atoms with Gasteiger partial charge in [-0.05, 0) is 51.8 Å². The number of sulfonamides is 1. The summed E-state index contributed by atoms with van der Waals surface area (Å²) in [5.74, 6) is 0.662. The molecule has 0 aliphatic rings. The molecule has 0 aliphatic heterocycles. The number of aliphatic imine (C=N–C) groups is 1. The smallest absolute Gasteiger partial charge is 0.412 e. The van der Waals surface area contributed by atoms with Gasteiger partial charge in [0.25, 0.3) is 0 Å². The van der Waals surface area contributed by atoms with Crippen molar-refractivity contribution in [2.24, 2.45) is 4.99 Å². The number of halogens is 1. The van der Waals surface area contributed by atoms with Crippen LogP contribution >= 0.6 is 24.0 Å². The van der Waals surface area contributed by atoms with Gasteiger partial charge in [-0.1, -0.05) is 12.1 Å². The summed E-state index contributed by atoms with van der Waals surface area (Å²) in [5, 5.41) is 8.92. The number of ether oxygens (including phenoxy) is 1. The van der Waals surface area contributed by atoms with E-state index < -0.39 is 21.7 Å². The van der Waals surface area contributed by atoms with Crippen LogP contribution in [0.25, 0.3) is 0 Å². The normalized spacial score (nSPS) is 12.0. The first-order chi connectivity index (χ1) is 13.5. The van der Waals surface area contributed by atoms with Crippen LogP contribution in [0.4, 0.5) is 10.5 Å². The standard InChI is InChI=1S/C19H33N5O4S.HI/c1-6-29(26,27)23-14-13-22-17(20-5)21-12-11-15-7-9-16(10-8-15)24-18(25)28-19(2,3)4;/h7-10,23H,6,11-14H2,1-5H3,(H,24,25)(H2,20,21,22);1H. The van der Waals surface area contributed by atoms with Gasteiger partial charge in [0.15, 0.2) is 5.96 Å². The highest BCUT2D eigenvalue weighted by Gasteiger charge is 2.16. The fourth-order valence-corrected chi connectivity index (χ4v) is 2.83. The molecule has 1 rings (SSSR count). The number of amides is 1. The maximum atomic E-state index is 11.8. The number of guanidine groups is 1. The minimum atomic E-state index is -3.18. The lowest BCUT2D eigenvalue weighted by atomic mass is 10.1. The third-order valence-electron chi connectivity index (χ3n) is 3.65. The number of hydrogen-bond acceptors (Lipinski definition) is 5. The molecule has 0 aliphatic carbocycles. The lowest BCUT2D eigenvalue weighted by Gasteiger charge is -2.19. The number of carbonyl (C=O) groups excluding carboxylic acids is 1. The monoisotopic (exact) mass is 555 g/mol. The Labute approximate surface area is 196 Å². The first-order valence-corrected chi connectivity index (χ1v) is 11.2. The Balaban J connectivity index is 0.00000841. The molecule has 1 aromatic carbocycles. The Kier molecular flexibility index (Phi) is 12.9. The summed E-state index contributed by atoms with van der Waals surface area (Å²) in [5.41, 5.74) is 1.23. The quantitative estimate of drug-likeness (QED) is 0.161. The van der Waals surface area contributed by atoms with Crippen molar-refractivity contribution in [1.82, 2.24) is 15.4 Å². The summed E-state index contributed by atoms with van der Waals surface area (Å²) in [6.07, 6.45) is 0.276. The summed E-state index contributed by atoms with van der Waals surface area (Å²) in [6, 6.07) is 7.52. The van der Waals surface area contributed by atoms with Crippen molar-refractivity contribution in [3.8, 4) is 0 Å². The predicted octanol–water partition coefficient (Wildman–Crippen LogP) is 2.30. The van der Waals surface area contributed by atoms with Gasteiger partial charge in [0.1, 0.15) is 5.60 Å². The minimum absolute atomic E-state index is 0. The van der Waals surface area contributed by atoms with E-state index in [1.807, 2.05) is 45.0 Å². The number of anilines is 1. The van der Waals surface area contributed by atoms with E-state index in [-0.39, 0.29) is 29.7 Å². The highest BCUT2D eigenvalue weighted by molar-refractivity contribution is 14.0. The SMILES string of the molecule is CCS(=O)(=O)NCCNC(=NC)NCCc1ccc(NC(=O)OC(C)(C)C)cc1.I. The van der Waals surface area contributed by atoms with Crippen LogP contribution < -0.4 is 20.7 Å². The number of nitrogens with one attached hydrogen (secondary N) is 4. The van der Waals surface area contributed by atoms with Gasteiger partial charge in [-0.2, -0.15) is 0 Å². The molecule has 0 atom stereocenters. The molecule has 0 heterocycles. The molecule has 0 unspecified atom stereocenters. The maximum absolute atomic E-state index is 11.8. The highest BCUT2D eigenvalue weighted by atomic mass is 127. The van der Waals surface area contributed by atoms with Crippen LogP contribution in [0.5, 0.6) is 0 Å². The van der Waals surface area contributed by atoms with E-state index in [4.69, 9.17) is 4.74 Å². The number of benzene rings is 1. The van der Waals surface area contributed by atoms with Gasteiger partial charge in [-0.15, -0.1) is 24.0 Å². The van der Waals surface area contributed by atoms with Gasteiger partial charge < -0.3 is 15.4 Å². The Morgan fingerprint density at radius 1 is 1.07 bits per heavy atom. The summed E-state index contributed by atoms with van der Waals surface area (Å²) < 4.78 is 30.5. The van der Waals surface area contributed by atoms with Crippen LogP contribution in [0, 0.1) is 0 Å². The molecular weight excluding hydrogens is 521 g/mol. The number of rotatable bonds is 9. The molecule has 9 nitrogen and oxygen atoms in total. The van der Waals surface area contributed by atoms with E-state index in [0.29, 0.717) is 31.3 Å². The van der Waals surface area contributed by atoms with Crippen molar-refractivity contribution in [2.45, 2.75) is 39.7 Å². The molecule has 0 saturated heterocycles. The molecule has 0 radical (unpaired) electrons. The second kappa shape index (κ2) is 13.7. The molecule has 30 heavy (non-hydrogen) atoms. The molecule has 0 spiro atoms. The van der Waals surface area contributed by atoms with Crippen molar-refractivity contribution in [2.75, 3.05) is 37.8 Å². The first kappa shape index (κ1) is 28.4. The van der Waals surface area contributed by atoms with Crippen LogP contribution in [0.3, 0.4) is 0 Å². The van der Waals surface area contributed by atoms with E-state index in [0.717, 1.165) is 12.0 Å². The Morgan fingerprint density at radius 3 is 2.20 bits per heavy atom. The summed E-state index contributed by atoms with van der Waals surface area (Å²) >= 11 is 0. The second-order valence-electron chi connectivity index (χ2n) is 7.30. The van der Waals surface area contributed by atoms with Crippen LogP contribution in [-0.4, -0.2) is 58.5 Å². The van der Waals surface area contributed by atoms with Gasteiger partial charge in [0.2, 0.25) is 10.0 Å². The molecule has 1 amide bonds. The number of hydrogen-bond donors (Lipinski definition) is 4. The Hall–Kier alpha value is -1.60. The van der Waals surface area contributed by atoms with E-state index in [2.05, 4.69) is 25.7 Å².